The summed E-state index contributed by atoms with van der Waals surface area (Å²) in [6, 6.07) is 0. The second-order valence-corrected chi connectivity index (χ2v) is 3.25. The van der Waals surface area contributed by atoms with E-state index in [4.69, 9.17) is 31.6 Å². The van der Waals surface area contributed by atoms with E-state index in [1.54, 1.807) is 6.92 Å². The van der Waals surface area contributed by atoms with Gasteiger partial charge in [-0.25, -0.2) is 0 Å². The minimum atomic E-state index is -1.50. The molecule has 9 heteroatoms. The van der Waals surface area contributed by atoms with E-state index in [1.807, 2.05) is 0 Å². The van der Waals surface area contributed by atoms with Crippen LogP contribution < -0.4 is 5.73 Å². The van der Waals surface area contributed by atoms with Crippen molar-refractivity contribution < 1.29 is 52.9 Å². The zero-order chi connectivity index (χ0) is 13.1. The van der Waals surface area contributed by atoms with Crippen LogP contribution in [0.15, 0.2) is 0 Å². The van der Waals surface area contributed by atoms with E-state index in [9.17, 15) is 4.79 Å². The van der Waals surface area contributed by atoms with Crippen molar-refractivity contribution in [1.82, 2.24) is 0 Å². The first-order valence-corrected chi connectivity index (χ1v) is 4.66. The molecule has 0 bridgehead atoms. The van der Waals surface area contributed by atoms with Gasteiger partial charge in [0.1, 0.15) is 0 Å². The molecule has 0 amide bonds. The van der Waals surface area contributed by atoms with Crippen LogP contribution in [-0.4, -0.2) is 27.2 Å². The molecule has 1 atom stereocenters. The fourth-order valence-electron chi connectivity index (χ4n) is 0.889. The first-order chi connectivity index (χ1) is 7.27. The van der Waals surface area contributed by atoms with Crippen molar-refractivity contribution in [2.75, 3.05) is 0 Å². The number of amidine groups is 1. The van der Waals surface area contributed by atoms with Gasteiger partial charge >= 0.3 is 5.97 Å². The Balaban J connectivity index is -0.000000340. The molecule has 0 aromatic heterocycles. The van der Waals surface area contributed by atoms with Gasteiger partial charge < -0.3 is 16.0 Å². The third kappa shape index (κ3) is 25.5. The van der Waals surface area contributed by atoms with Crippen LogP contribution in [0, 0.1) is 21.4 Å². The van der Waals surface area contributed by atoms with E-state index >= 15 is 0 Å². The van der Waals surface area contributed by atoms with Crippen molar-refractivity contribution in [3.05, 3.63) is 10.1 Å². The predicted molar refractivity (Wildman–Crippen MR) is 56.0 cm³/mol. The summed E-state index contributed by atoms with van der Waals surface area (Å²) < 4.78 is 0. The fourth-order valence-corrected chi connectivity index (χ4v) is 0.889. The van der Waals surface area contributed by atoms with Gasteiger partial charge in [-0.05, 0) is 12.8 Å². The Morgan fingerprint density at radius 3 is 2.24 bits per heavy atom. The van der Waals surface area contributed by atoms with Gasteiger partial charge in [-0.3, -0.25) is 10.2 Å². The molecule has 0 aliphatic rings. The average Bonchev–Trinajstić information content (AvgIpc) is 2.10. The first kappa shape index (κ1) is 21.5. The van der Waals surface area contributed by atoms with Gasteiger partial charge in [0, 0.05) is 39.1 Å². The molecule has 17 heavy (non-hydrogen) atoms. The minimum Gasteiger partial charge on any atom is -0.481 e. The second-order valence-electron chi connectivity index (χ2n) is 3.25. The van der Waals surface area contributed by atoms with Crippen molar-refractivity contribution in [3.8, 4) is 0 Å². The fraction of sp³-hybridized carbons (Fsp3) is 0.750. The molecule has 0 spiro atoms. The van der Waals surface area contributed by atoms with Crippen molar-refractivity contribution in [3.63, 3.8) is 0 Å². The maximum atomic E-state index is 10.4. The summed E-state index contributed by atoms with van der Waals surface area (Å²) in [5.41, 5.74) is 5.14. The molecule has 0 fully saturated rings. The molecule has 0 saturated heterocycles. The molecule has 1 unspecified atom stereocenters. The van der Waals surface area contributed by atoms with Crippen molar-refractivity contribution in [2.45, 2.75) is 32.6 Å². The molecule has 0 heterocycles. The van der Waals surface area contributed by atoms with Crippen LogP contribution in [0.2, 0.25) is 0 Å². The van der Waals surface area contributed by atoms with Crippen LogP contribution in [0.1, 0.15) is 32.6 Å². The maximum absolute atomic E-state index is 10.4. The predicted octanol–water partition coefficient (Wildman–Crippen LogP) is 0.853. The second kappa shape index (κ2) is 13.3. The Labute approximate surface area is 124 Å². The van der Waals surface area contributed by atoms with Crippen molar-refractivity contribution in [2.24, 2.45) is 11.7 Å². The summed E-state index contributed by atoms with van der Waals surface area (Å²) in [7, 11) is 0. The number of hydrogen-bond donors (Lipinski definition) is 4. The number of carbonyl (C=O) groups is 1. The van der Waals surface area contributed by atoms with E-state index in [1.165, 1.54) is 0 Å². The van der Waals surface area contributed by atoms with Gasteiger partial charge in [-0.15, -0.1) is 10.1 Å². The Bertz CT molecular complexity index is 245. The summed E-state index contributed by atoms with van der Waals surface area (Å²) in [4.78, 5) is 18.7. The summed E-state index contributed by atoms with van der Waals surface area (Å²) in [5, 5.41) is 29.1. The third-order valence-corrected chi connectivity index (χ3v) is 1.75. The number of carboxylic acid groups (broad SMARTS) is 1. The molecule has 0 rings (SSSR count). The van der Waals surface area contributed by atoms with Crippen LogP contribution in [0.4, 0.5) is 0 Å². The monoisotopic (exact) mass is 324 g/mol. The molecule has 0 saturated carbocycles. The average molecular weight is 324 g/mol. The molecule has 0 aromatic rings. The Kier molecular flexibility index (Phi) is 16.8. The largest absolute Gasteiger partial charge is 0.481 e. The Morgan fingerprint density at radius 1 is 1.53 bits per heavy atom. The van der Waals surface area contributed by atoms with Gasteiger partial charge in [0.05, 0.1) is 11.8 Å². The SMILES string of the molecule is CC(CCCCC(=N)N)C(=O)O.O=[N+]([O-])O.[Y]. The molecule has 0 aromatic carbocycles. The van der Waals surface area contributed by atoms with Crippen molar-refractivity contribution >= 4 is 11.8 Å². The van der Waals surface area contributed by atoms with Crippen LogP contribution in [-0.2, 0) is 37.5 Å². The number of rotatable bonds is 6. The number of carboxylic acids is 1. The first-order valence-electron chi connectivity index (χ1n) is 4.66. The van der Waals surface area contributed by atoms with Crippen LogP contribution in [0.25, 0.3) is 0 Å². The summed E-state index contributed by atoms with van der Waals surface area (Å²) in [5.74, 6) is -0.854. The molecule has 8 nitrogen and oxygen atoms in total. The normalized spacial score (nSPS) is 10.2. The summed E-state index contributed by atoms with van der Waals surface area (Å²) >= 11 is 0. The topological polar surface area (TPSA) is 151 Å². The summed E-state index contributed by atoms with van der Waals surface area (Å²) in [6.07, 6.45) is 2.88. The van der Waals surface area contributed by atoms with Gasteiger partial charge in [0.2, 0.25) is 0 Å². The number of nitrogens with two attached hydrogens (primary N) is 1. The standard InChI is InChI=1S/C8H16N2O2.HNO3.Y/c1-6(8(11)12)4-2-3-5-7(9)10;2-1(3)4;/h6H,2-5H2,1H3,(H3,9,10)(H,11,12);(H,2,3,4);. The molecule has 97 valence electrons. The smallest absolute Gasteiger partial charge is 0.306 e. The van der Waals surface area contributed by atoms with Gasteiger partial charge in [0.25, 0.3) is 5.09 Å². The van der Waals surface area contributed by atoms with E-state index in [-0.39, 0.29) is 44.5 Å². The number of nitrogens with zero attached hydrogens (tertiary/aromatic N) is 1. The van der Waals surface area contributed by atoms with Gasteiger partial charge in [0.15, 0.2) is 0 Å². The maximum Gasteiger partial charge on any atom is 0.306 e. The number of unbranched alkanes of at least 4 members (excludes halogenated alkanes) is 1. The van der Waals surface area contributed by atoms with E-state index in [2.05, 4.69) is 0 Å². The number of hydrogen-bond acceptors (Lipinski definition) is 4. The third-order valence-electron chi connectivity index (χ3n) is 1.75. The van der Waals surface area contributed by atoms with Crippen LogP contribution >= 0.6 is 0 Å². The zero-order valence-corrected chi connectivity index (χ0v) is 12.5. The molecule has 5 N–H and O–H groups in total. The van der Waals surface area contributed by atoms with E-state index in [0.717, 1.165) is 12.8 Å². The number of aliphatic carboxylic acids is 1. The Hall–Kier alpha value is -0.756. The van der Waals surface area contributed by atoms with Crippen LogP contribution in [0.5, 0.6) is 0 Å². The molecule has 1 radical (unpaired) electrons. The Morgan fingerprint density at radius 2 is 1.94 bits per heavy atom. The molecular weight excluding hydrogens is 307 g/mol. The van der Waals surface area contributed by atoms with Crippen molar-refractivity contribution in [1.29, 1.82) is 5.41 Å². The molecule has 0 aliphatic heterocycles. The van der Waals surface area contributed by atoms with Gasteiger partial charge in [-0.1, -0.05) is 13.3 Å². The van der Waals surface area contributed by atoms with Crippen LogP contribution in [0.3, 0.4) is 0 Å². The van der Waals surface area contributed by atoms with E-state index in [0.29, 0.717) is 12.8 Å². The minimum absolute atomic E-state index is 0. The quantitative estimate of drug-likeness (QED) is 0.187. The van der Waals surface area contributed by atoms with Gasteiger partial charge in [-0.2, -0.15) is 0 Å². The number of nitrogens with one attached hydrogen (secondary N) is 1. The molecule has 0 aliphatic carbocycles. The summed E-state index contributed by atoms with van der Waals surface area (Å²) in [6.45, 7) is 1.69. The zero-order valence-electron chi connectivity index (χ0n) is 9.63. The van der Waals surface area contributed by atoms with E-state index < -0.39 is 11.1 Å². The molecular formula is C8H17N3O5Y.